The summed E-state index contributed by atoms with van der Waals surface area (Å²) in [5.41, 5.74) is 2.00. The number of fused-ring (bicyclic) bond motifs is 1. The predicted molar refractivity (Wildman–Crippen MR) is 109 cm³/mol. The molecule has 4 nitrogen and oxygen atoms in total. The molecule has 0 amide bonds. The second-order valence-electron chi connectivity index (χ2n) is 8.34. The Morgan fingerprint density at radius 2 is 1.96 bits per heavy atom. The highest BCUT2D eigenvalue weighted by molar-refractivity contribution is 5.82. The van der Waals surface area contributed by atoms with E-state index in [1.807, 2.05) is 12.1 Å². The van der Waals surface area contributed by atoms with E-state index in [9.17, 15) is 0 Å². The van der Waals surface area contributed by atoms with Gasteiger partial charge in [0.2, 0.25) is 0 Å². The molecule has 2 aromatic rings. The Balaban J connectivity index is 1.19. The lowest BCUT2D eigenvalue weighted by Crippen LogP contribution is -2.30. The molecular formula is C23H32N2O2. The van der Waals surface area contributed by atoms with Gasteiger partial charge in [-0.1, -0.05) is 37.0 Å². The van der Waals surface area contributed by atoms with Crippen LogP contribution in [0.2, 0.25) is 0 Å². The number of aryl methyl sites for hydroxylation is 1. The van der Waals surface area contributed by atoms with Gasteiger partial charge in [0.05, 0.1) is 12.0 Å². The largest absolute Gasteiger partial charge is 0.475 e. The molecular weight excluding hydrogens is 336 g/mol. The summed E-state index contributed by atoms with van der Waals surface area (Å²) in [5.74, 6) is 2.22. The Kier molecular flexibility index (Phi) is 6.00. The number of rotatable bonds is 6. The van der Waals surface area contributed by atoms with Crippen molar-refractivity contribution in [3.05, 3.63) is 36.0 Å². The number of hydrogen-bond donors (Lipinski definition) is 0. The Hall–Kier alpha value is -1.97. The first-order valence-electron chi connectivity index (χ1n) is 10.7. The van der Waals surface area contributed by atoms with E-state index in [0.29, 0.717) is 5.88 Å². The van der Waals surface area contributed by atoms with Crippen LogP contribution in [0.4, 0.5) is 0 Å². The molecule has 0 bridgehead atoms. The first-order valence-corrected chi connectivity index (χ1v) is 10.7. The third-order valence-electron chi connectivity index (χ3n) is 6.23. The summed E-state index contributed by atoms with van der Waals surface area (Å²) in [7, 11) is 0. The number of piperidine rings is 1. The van der Waals surface area contributed by atoms with Crippen LogP contribution in [0, 0.1) is 18.8 Å². The fraction of sp³-hybridized carbons (Fsp3) is 0.609. The van der Waals surface area contributed by atoms with Gasteiger partial charge in [0.1, 0.15) is 0 Å². The van der Waals surface area contributed by atoms with Gasteiger partial charge in [0, 0.05) is 13.1 Å². The summed E-state index contributed by atoms with van der Waals surface area (Å²) >= 11 is 0. The van der Waals surface area contributed by atoms with Crippen LogP contribution in [0.5, 0.6) is 5.88 Å². The standard InChI is InChI=1S/C23H32N2O2/c1-18-7-8-22-21(17-18)23(24-27-22)26-16-12-20-10-14-25(15-11-20)13-9-19-5-3-2-4-6-19/h7-9,13,17,19-20H,2-6,10-12,14-16H2,1H3. The number of likely N-dealkylation sites (tertiary alicyclic amines) is 1. The van der Waals surface area contributed by atoms with E-state index in [1.165, 1.54) is 63.6 Å². The molecule has 27 heavy (non-hydrogen) atoms. The molecule has 0 unspecified atom stereocenters. The molecule has 1 saturated heterocycles. The summed E-state index contributed by atoms with van der Waals surface area (Å²) in [6, 6.07) is 6.08. The topological polar surface area (TPSA) is 38.5 Å². The van der Waals surface area contributed by atoms with Crippen LogP contribution >= 0.6 is 0 Å². The zero-order chi connectivity index (χ0) is 18.5. The summed E-state index contributed by atoms with van der Waals surface area (Å²) in [6.07, 6.45) is 15.5. The second-order valence-corrected chi connectivity index (χ2v) is 8.34. The maximum absolute atomic E-state index is 5.94. The minimum atomic E-state index is 0.640. The number of hydrogen-bond acceptors (Lipinski definition) is 4. The molecule has 2 heterocycles. The molecule has 1 saturated carbocycles. The van der Waals surface area contributed by atoms with Gasteiger partial charge in [-0.25, -0.2) is 0 Å². The molecule has 1 aromatic heterocycles. The van der Waals surface area contributed by atoms with Crippen molar-refractivity contribution in [2.45, 2.75) is 58.3 Å². The zero-order valence-corrected chi connectivity index (χ0v) is 16.5. The van der Waals surface area contributed by atoms with Crippen molar-refractivity contribution in [2.24, 2.45) is 11.8 Å². The van der Waals surface area contributed by atoms with Crippen LogP contribution in [0.1, 0.15) is 56.9 Å². The van der Waals surface area contributed by atoms with Gasteiger partial charge in [-0.05, 0) is 74.4 Å². The predicted octanol–water partition coefficient (Wildman–Crippen LogP) is 5.71. The van der Waals surface area contributed by atoms with E-state index in [1.54, 1.807) is 0 Å². The number of ether oxygens (including phenoxy) is 1. The van der Waals surface area contributed by atoms with Crippen molar-refractivity contribution in [3.63, 3.8) is 0 Å². The smallest absolute Gasteiger partial charge is 0.262 e. The van der Waals surface area contributed by atoms with E-state index < -0.39 is 0 Å². The average molecular weight is 369 g/mol. The number of nitrogens with zero attached hydrogens (tertiary/aromatic N) is 2. The van der Waals surface area contributed by atoms with Gasteiger partial charge in [-0.2, -0.15) is 0 Å². The van der Waals surface area contributed by atoms with Crippen LogP contribution in [0.15, 0.2) is 35.0 Å². The number of allylic oxidation sites excluding steroid dienone is 1. The zero-order valence-electron chi connectivity index (χ0n) is 16.5. The normalized spacial score (nSPS) is 20.0. The molecule has 1 aliphatic heterocycles. The maximum Gasteiger partial charge on any atom is 0.262 e. The number of aromatic nitrogens is 1. The molecule has 146 valence electrons. The third-order valence-corrected chi connectivity index (χ3v) is 6.23. The molecule has 2 aliphatic rings. The number of benzene rings is 1. The fourth-order valence-corrected chi connectivity index (χ4v) is 4.42. The summed E-state index contributed by atoms with van der Waals surface area (Å²) in [4.78, 5) is 2.51. The Bertz CT molecular complexity index is 753. The van der Waals surface area contributed by atoms with Crippen LogP contribution in [-0.4, -0.2) is 29.8 Å². The summed E-state index contributed by atoms with van der Waals surface area (Å²) < 4.78 is 11.3. The molecule has 2 fully saturated rings. The van der Waals surface area contributed by atoms with E-state index in [4.69, 9.17) is 9.26 Å². The summed E-state index contributed by atoms with van der Waals surface area (Å²) in [6.45, 7) is 5.16. The van der Waals surface area contributed by atoms with Gasteiger partial charge in [0.25, 0.3) is 5.88 Å². The highest BCUT2D eigenvalue weighted by Crippen LogP contribution is 2.28. The fourth-order valence-electron chi connectivity index (χ4n) is 4.42. The van der Waals surface area contributed by atoms with E-state index in [0.717, 1.165) is 35.8 Å². The van der Waals surface area contributed by atoms with Crippen molar-refractivity contribution < 1.29 is 9.26 Å². The van der Waals surface area contributed by atoms with Crippen LogP contribution in [-0.2, 0) is 0 Å². The molecule has 4 heteroatoms. The monoisotopic (exact) mass is 368 g/mol. The first-order chi connectivity index (χ1) is 13.3. The van der Waals surface area contributed by atoms with Crippen molar-refractivity contribution >= 4 is 11.0 Å². The highest BCUT2D eigenvalue weighted by Gasteiger charge is 2.18. The summed E-state index contributed by atoms with van der Waals surface area (Å²) in [5, 5.41) is 5.07. The lowest BCUT2D eigenvalue weighted by molar-refractivity contribution is 0.196. The quantitative estimate of drug-likeness (QED) is 0.654. The maximum atomic E-state index is 5.94. The second kappa shape index (κ2) is 8.81. The minimum absolute atomic E-state index is 0.640. The van der Waals surface area contributed by atoms with Crippen molar-refractivity contribution in [2.75, 3.05) is 19.7 Å². The van der Waals surface area contributed by atoms with E-state index >= 15 is 0 Å². The molecule has 0 spiro atoms. The van der Waals surface area contributed by atoms with Crippen LogP contribution < -0.4 is 4.74 Å². The van der Waals surface area contributed by atoms with Gasteiger partial charge in [-0.3, -0.25) is 0 Å². The van der Waals surface area contributed by atoms with Gasteiger partial charge in [0.15, 0.2) is 5.58 Å². The Morgan fingerprint density at radius 1 is 1.15 bits per heavy atom. The van der Waals surface area contributed by atoms with E-state index in [-0.39, 0.29) is 0 Å². The minimum Gasteiger partial charge on any atom is -0.475 e. The molecule has 0 atom stereocenters. The molecule has 0 N–H and O–H groups in total. The van der Waals surface area contributed by atoms with Gasteiger partial charge >= 0.3 is 0 Å². The highest BCUT2D eigenvalue weighted by atomic mass is 16.5. The molecule has 1 aliphatic carbocycles. The third kappa shape index (κ3) is 4.85. The molecule has 4 rings (SSSR count). The van der Waals surface area contributed by atoms with Crippen LogP contribution in [0.25, 0.3) is 11.0 Å². The van der Waals surface area contributed by atoms with Crippen molar-refractivity contribution in [3.8, 4) is 5.88 Å². The lowest BCUT2D eigenvalue weighted by Gasteiger charge is -2.31. The van der Waals surface area contributed by atoms with Crippen LogP contribution in [0.3, 0.4) is 0 Å². The Morgan fingerprint density at radius 3 is 2.78 bits per heavy atom. The lowest BCUT2D eigenvalue weighted by atomic mass is 9.89. The van der Waals surface area contributed by atoms with Gasteiger partial charge < -0.3 is 14.2 Å². The average Bonchev–Trinajstić information content (AvgIpc) is 3.10. The van der Waals surface area contributed by atoms with Gasteiger partial charge in [-0.15, -0.1) is 0 Å². The SMILES string of the molecule is Cc1ccc2onc(OCCC3CCN(C=CC4CCCCC4)CC3)c2c1. The van der Waals surface area contributed by atoms with Crippen molar-refractivity contribution in [1.82, 2.24) is 10.1 Å². The van der Waals surface area contributed by atoms with Crippen molar-refractivity contribution in [1.29, 1.82) is 0 Å². The molecule has 1 aromatic carbocycles. The Labute approximate surface area is 162 Å². The first kappa shape index (κ1) is 18.4. The molecule has 0 radical (unpaired) electrons. The van der Waals surface area contributed by atoms with E-state index in [2.05, 4.69) is 35.3 Å².